The van der Waals surface area contributed by atoms with E-state index in [1.807, 2.05) is 0 Å². The first-order chi connectivity index (χ1) is 3.92. The Hall–Kier alpha value is 0.177. The Labute approximate surface area is 60.7 Å². The van der Waals surface area contributed by atoms with Crippen molar-refractivity contribution in [3.63, 3.8) is 0 Å². The van der Waals surface area contributed by atoms with Crippen molar-refractivity contribution >= 4 is 9.76 Å². The summed E-state index contributed by atoms with van der Waals surface area (Å²) in [6, 6.07) is 0. The van der Waals surface area contributed by atoms with E-state index in [4.69, 9.17) is 4.43 Å². The van der Waals surface area contributed by atoms with Gasteiger partial charge in [0.15, 0.2) is 9.76 Å². The third kappa shape index (κ3) is 8.18. The molecular formula is C7H18OSi. The summed E-state index contributed by atoms with van der Waals surface area (Å²) in [6.45, 7) is 10.9. The van der Waals surface area contributed by atoms with Gasteiger partial charge in [-0.1, -0.05) is 20.8 Å². The Bertz CT molecular complexity index is 73.5. The van der Waals surface area contributed by atoms with Gasteiger partial charge in [-0.3, -0.25) is 0 Å². The standard InChI is InChI=1S/C7H18OSi/c1-6(2)8-9-7(3,4)5/h6H,9H2,1-5H3. The normalized spacial score (nSPS) is 14.0. The summed E-state index contributed by atoms with van der Waals surface area (Å²) < 4.78 is 5.55. The minimum Gasteiger partial charge on any atom is -0.421 e. The summed E-state index contributed by atoms with van der Waals surface area (Å²) in [5.74, 6) is 0. The van der Waals surface area contributed by atoms with Gasteiger partial charge in [-0.15, -0.1) is 0 Å². The van der Waals surface area contributed by atoms with Gasteiger partial charge in [0.05, 0.1) is 0 Å². The Morgan fingerprint density at radius 2 is 1.67 bits per heavy atom. The molecule has 0 aliphatic rings. The molecule has 0 aliphatic heterocycles. The Kier molecular flexibility index (Phi) is 3.44. The van der Waals surface area contributed by atoms with Crippen LogP contribution in [0.3, 0.4) is 0 Å². The van der Waals surface area contributed by atoms with Gasteiger partial charge in [0, 0.05) is 6.10 Å². The minimum absolute atomic E-state index is 0.298. The topological polar surface area (TPSA) is 9.23 Å². The molecule has 0 fully saturated rings. The number of hydrogen-bond acceptors (Lipinski definition) is 1. The van der Waals surface area contributed by atoms with E-state index in [0.29, 0.717) is 11.1 Å². The average Bonchev–Trinajstić information content (AvgIpc) is 1.59. The molecule has 0 saturated carbocycles. The zero-order valence-electron chi connectivity index (χ0n) is 7.19. The highest BCUT2D eigenvalue weighted by Gasteiger charge is 2.11. The summed E-state index contributed by atoms with van der Waals surface area (Å²) in [7, 11) is -0.298. The maximum atomic E-state index is 5.55. The SMILES string of the molecule is CC(C)O[SiH2]C(C)(C)C. The van der Waals surface area contributed by atoms with Gasteiger partial charge in [0.1, 0.15) is 0 Å². The van der Waals surface area contributed by atoms with Gasteiger partial charge in [-0.05, 0) is 18.9 Å². The molecule has 0 amide bonds. The summed E-state index contributed by atoms with van der Waals surface area (Å²) in [4.78, 5) is 0. The second-order valence-electron chi connectivity index (χ2n) is 3.92. The molecule has 9 heavy (non-hydrogen) atoms. The van der Waals surface area contributed by atoms with Crippen LogP contribution >= 0.6 is 0 Å². The Morgan fingerprint density at radius 1 is 1.22 bits per heavy atom. The number of hydrogen-bond donors (Lipinski definition) is 0. The van der Waals surface area contributed by atoms with Gasteiger partial charge in [0.2, 0.25) is 0 Å². The number of rotatable bonds is 2. The first-order valence-electron chi connectivity index (χ1n) is 3.53. The fourth-order valence-corrected chi connectivity index (χ4v) is 1.25. The third-order valence-electron chi connectivity index (χ3n) is 0.850. The molecule has 0 N–H and O–H groups in total. The molecule has 0 bridgehead atoms. The molecule has 0 saturated heterocycles. The maximum Gasteiger partial charge on any atom is 0.167 e. The van der Waals surface area contributed by atoms with E-state index in [2.05, 4.69) is 34.6 Å². The van der Waals surface area contributed by atoms with Crippen LogP contribution in [0, 0.1) is 0 Å². The van der Waals surface area contributed by atoms with E-state index >= 15 is 0 Å². The maximum absolute atomic E-state index is 5.55. The highest BCUT2D eigenvalue weighted by molar-refractivity contribution is 6.31. The van der Waals surface area contributed by atoms with Gasteiger partial charge in [-0.25, -0.2) is 0 Å². The van der Waals surface area contributed by atoms with Gasteiger partial charge in [-0.2, -0.15) is 0 Å². The second kappa shape index (κ2) is 3.37. The third-order valence-corrected chi connectivity index (χ3v) is 2.55. The lowest BCUT2D eigenvalue weighted by atomic mass is 10.3. The fraction of sp³-hybridized carbons (Fsp3) is 1.00. The highest BCUT2D eigenvalue weighted by atomic mass is 28.2. The molecule has 2 heteroatoms. The molecule has 1 nitrogen and oxygen atoms in total. The van der Waals surface area contributed by atoms with Crippen molar-refractivity contribution in [1.82, 2.24) is 0 Å². The van der Waals surface area contributed by atoms with E-state index < -0.39 is 0 Å². The van der Waals surface area contributed by atoms with Crippen LogP contribution in [0.2, 0.25) is 5.04 Å². The van der Waals surface area contributed by atoms with E-state index in [0.717, 1.165) is 0 Å². The quantitative estimate of drug-likeness (QED) is 0.539. The van der Waals surface area contributed by atoms with Crippen LogP contribution in [-0.2, 0) is 4.43 Å². The molecule has 0 rings (SSSR count). The van der Waals surface area contributed by atoms with Crippen LogP contribution in [0.15, 0.2) is 0 Å². The van der Waals surface area contributed by atoms with Crippen LogP contribution in [0.1, 0.15) is 34.6 Å². The second-order valence-corrected chi connectivity index (χ2v) is 6.66. The molecule has 0 aromatic rings. The first-order valence-corrected chi connectivity index (χ1v) is 4.82. The summed E-state index contributed by atoms with van der Waals surface area (Å²) in [5.41, 5.74) is 0. The van der Waals surface area contributed by atoms with E-state index in [-0.39, 0.29) is 9.76 Å². The van der Waals surface area contributed by atoms with Gasteiger partial charge < -0.3 is 4.43 Å². The lowest BCUT2D eigenvalue weighted by Gasteiger charge is -2.18. The Balaban J connectivity index is 3.28. The van der Waals surface area contributed by atoms with E-state index in [1.165, 1.54) is 0 Å². The summed E-state index contributed by atoms with van der Waals surface area (Å²) >= 11 is 0. The molecule has 0 spiro atoms. The molecule has 0 heterocycles. The van der Waals surface area contributed by atoms with Crippen LogP contribution in [0.25, 0.3) is 0 Å². The molecule has 0 aromatic carbocycles. The van der Waals surface area contributed by atoms with Gasteiger partial charge >= 0.3 is 0 Å². The van der Waals surface area contributed by atoms with Crippen molar-refractivity contribution in [2.45, 2.75) is 45.8 Å². The zero-order valence-corrected chi connectivity index (χ0v) is 8.61. The van der Waals surface area contributed by atoms with Crippen molar-refractivity contribution in [2.24, 2.45) is 0 Å². The summed E-state index contributed by atoms with van der Waals surface area (Å²) in [6.07, 6.45) is 0.427. The molecule has 0 atom stereocenters. The predicted molar refractivity (Wildman–Crippen MR) is 44.5 cm³/mol. The van der Waals surface area contributed by atoms with Crippen LogP contribution in [0.5, 0.6) is 0 Å². The minimum atomic E-state index is -0.298. The molecule has 56 valence electrons. The van der Waals surface area contributed by atoms with E-state index in [1.54, 1.807) is 0 Å². The molecule has 0 unspecified atom stereocenters. The van der Waals surface area contributed by atoms with E-state index in [9.17, 15) is 0 Å². The Morgan fingerprint density at radius 3 is 1.78 bits per heavy atom. The fourth-order valence-electron chi connectivity index (χ4n) is 0.417. The van der Waals surface area contributed by atoms with Crippen LogP contribution in [-0.4, -0.2) is 15.9 Å². The van der Waals surface area contributed by atoms with Crippen LogP contribution in [0.4, 0.5) is 0 Å². The predicted octanol–water partition coefficient (Wildman–Crippen LogP) is 1.71. The monoisotopic (exact) mass is 146 g/mol. The molecule has 0 aliphatic carbocycles. The summed E-state index contributed by atoms with van der Waals surface area (Å²) in [5, 5.41) is 0.449. The van der Waals surface area contributed by atoms with Crippen molar-refractivity contribution < 1.29 is 4.43 Å². The molecule has 0 radical (unpaired) electrons. The molecule has 0 aromatic heterocycles. The molecular weight excluding hydrogens is 128 g/mol. The smallest absolute Gasteiger partial charge is 0.167 e. The van der Waals surface area contributed by atoms with Gasteiger partial charge in [0.25, 0.3) is 0 Å². The van der Waals surface area contributed by atoms with Crippen molar-refractivity contribution in [1.29, 1.82) is 0 Å². The van der Waals surface area contributed by atoms with Crippen molar-refractivity contribution in [2.75, 3.05) is 0 Å². The highest BCUT2D eigenvalue weighted by Crippen LogP contribution is 2.20. The zero-order chi connectivity index (χ0) is 7.49. The first kappa shape index (κ1) is 9.18. The lowest BCUT2D eigenvalue weighted by molar-refractivity contribution is 0.245. The van der Waals surface area contributed by atoms with Crippen molar-refractivity contribution in [3.05, 3.63) is 0 Å². The average molecular weight is 146 g/mol. The van der Waals surface area contributed by atoms with Crippen LogP contribution < -0.4 is 0 Å². The van der Waals surface area contributed by atoms with Crippen molar-refractivity contribution in [3.8, 4) is 0 Å². The largest absolute Gasteiger partial charge is 0.421 e. The lowest BCUT2D eigenvalue weighted by Crippen LogP contribution is -2.16.